The summed E-state index contributed by atoms with van der Waals surface area (Å²) in [6.45, 7) is 3.55. The summed E-state index contributed by atoms with van der Waals surface area (Å²) in [7, 11) is 0. The van der Waals surface area contributed by atoms with Gasteiger partial charge in [0.2, 0.25) is 0 Å². The molecule has 0 saturated carbocycles. The number of rotatable bonds is 3. The molecule has 0 aromatic carbocycles. The molecule has 66 valence electrons. The predicted molar refractivity (Wildman–Crippen MR) is 43.1 cm³/mol. The first-order valence-corrected chi connectivity index (χ1v) is 3.87. The zero-order valence-corrected chi connectivity index (χ0v) is 7.06. The molecule has 1 rings (SSSR count). The van der Waals surface area contributed by atoms with Crippen LogP contribution in [0.3, 0.4) is 0 Å². The molecule has 1 aliphatic rings. The normalized spacial score (nSPS) is 20.9. The number of hydrogen-bond donors (Lipinski definition) is 1. The number of hydrogen-bond acceptors (Lipinski definition) is 3. The highest BCUT2D eigenvalue weighted by Gasteiger charge is 2.23. The number of azo groups is 1. The van der Waals surface area contributed by atoms with Gasteiger partial charge in [-0.1, -0.05) is 12.0 Å². The van der Waals surface area contributed by atoms with Crippen molar-refractivity contribution >= 4 is 11.9 Å². The van der Waals surface area contributed by atoms with Gasteiger partial charge in [0.05, 0.1) is 6.10 Å². The highest BCUT2D eigenvalue weighted by Crippen LogP contribution is 2.15. The lowest BCUT2D eigenvalue weighted by Crippen LogP contribution is -2.23. The third kappa shape index (κ3) is 1.73. The maximum absolute atomic E-state index is 10.6. The summed E-state index contributed by atoms with van der Waals surface area (Å²) in [4.78, 5) is 14.1. The number of aliphatic hydroxyl groups excluding tert-OH is 1. The molecule has 0 unspecified atom stereocenters. The van der Waals surface area contributed by atoms with Crippen LogP contribution < -0.4 is 0 Å². The third-order valence-corrected chi connectivity index (χ3v) is 1.80. The molecule has 0 bridgehead atoms. The fraction of sp³-hybridized carbons (Fsp3) is 0.714. The molecule has 2 atom stereocenters. The molecule has 0 aromatic rings. The second-order valence-corrected chi connectivity index (χ2v) is 2.71. The number of amides is 2. The van der Waals surface area contributed by atoms with Crippen molar-refractivity contribution in [3.05, 3.63) is 0 Å². The van der Waals surface area contributed by atoms with Gasteiger partial charge in [-0.3, -0.25) is 0 Å². The van der Waals surface area contributed by atoms with Gasteiger partial charge in [-0.25, -0.2) is 4.79 Å². The van der Waals surface area contributed by atoms with Gasteiger partial charge in [0.25, 0.3) is 0 Å². The summed E-state index contributed by atoms with van der Waals surface area (Å²) in [6.07, 6.45) is 0.154. The first-order valence-electron chi connectivity index (χ1n) is 3.87. The maximum Gasteiger partial charge on any atom is 0.387 e. The minimum atomic E-state index is -0.580. The number of aliphatic hydroxyl groups is 1. The van der Waals surface area contributed by atoms with Crippen LogP contribution in [-0.2, 0) is 0 Å². The zero-order valence-electron chi connectivity index (χ0n) is 7.06. The number of urea groups is 1. The van der Waals surface area contributed by atoms with E-state index in [-0.39, 0.29) is 5.92 Å². The Bertz CT molecular complexity index is 245. The Morgan fingerprint density at radius 3 is 2.50 bits per heavy atom. The van der Waals surface area contributed by atoms with Crippen LogP contribution in [0, 0.1) is 5.92 Å². The van der Waals surface area contributed by atoms with E-state index in [1.807, 2.05) is 6.92 Å². The number of aliphatic imine (C=N–C) groups is 1. The average Bonchev–Trinajstić information content (AvgIpc) is 2.37. The molecule has 0 spiro atoms. The van der Waals surface area contributed by atoms with E-state index in [1.54, 1.807) is 6.92 Å². The topological polar surface area (TPSA) is 74.4 Å². The monoisotopic (exact) mass is 169 g/mol. The molecule has 0 fully saturated rings. The molecule has 1 aliphatic heterocycles. The SMILES string of the molecule is CC[C@H](C1=NC(=O)N=N1)[C@H](C)O. The average molecular weight is 169 g/mol. The fourth-order valence-corrected chi connectivity index (χ4v) is 1.13. The molecule has 0 aromatic heterocycles. The molecular weight excluding hydrogens is 158 g/mol. The summed E-state index contributed by atoms with van der Waals surface area (Å²) >= 11 is 0. The fourth-order valence-electron chi connectivity index (χ4n) is 1.13. The van der Waals surface area contributed by atoms with E-state index >= 15 is 0 Å². The van der Waals surface area contributed by atoms with Gasteiger partial charge in [-0.2, -0.15) is 4.99 Å². The van der Waals surface area contributed by atoms with E-state index in [1.165, 1.54) is 0 Å². The Morgan fingerprint density at radius 1 is 1.50 bits per heavy atom. The minimum absolute atomic E-state index is 0.180. The van der Waals surface area contributed by atoms with Crippen molar-refractivity contribution in [2.24, 2.45) is 21.1 Å². The van der Waals surface area contributed by atoms with Gasteiger partial charge in [0.1, 0.15) is 0 Å². The van der Waals surface area contributed by atoms with Crippen LogP contribution >= 0.6 is 0 Å². The Kier molecular flexibility index (Phi) is 2.65. The quantitative estimate of drug-likeness (QED) is 0.692. The van der Waals surface area contributed by atoms with Gasteiger partial charge >= 0.3 is 6.03 Å². The summed E-state index contributed by atoms with van der Waals surface area (Å²) in [5.74, 6) is 0.165. The Morgan fingerprint density at radius 2 is 2.17 bits per heavy atom. The van der Waals surface area contributed by atoms with Crippen molar-refractivity contribution in [2.75, 3.05) is 0 Å². The van der Waals surface area contributed by atoms with E-state index in [0.717, 1.165) is 0 Å². The van der Waals surface area contributed by atoms with Gasteiger partial charge < -0.3 is 5.11 Å². The van der Waals surface area contributed by atoms with Gasteiger partial charge in [-0.15, -0.1) is 5.11 Å². The van der Waals surface area contributed by atoms with Gasteiger partial charge in [-0.05, 0) is 13.3 Å². The highest BCUT2D eigenvalue weighted by atomic mass is 16.3. The molecule has 1 N–H and O–H groups in total. The molecule has 0 aliphatic carbocycles. The standard InChI is InChI=1S/C7H11N3O2/c1-3-5(4(2)11)6-8-7(12)10-9-6/h4-5,11H,3H2,1-2H3/t4-,5-/m0/s1. The molecule has 1 heterocycles. The molecule has 0 saturated heterocycles. The first-order chi connectivity index (χ1) is 5.65. The van der Waals surface area contributed by atoms with E-state index in [4.69, 9.17) is 0 Å². The summed E-state index contributed by atoms with van der Waals surface area (Å²) in [5.41, 5.74) is 0. The third-order valence-electron chi connectivity index (χ3n) is 1.80. The van der Waals surface area contributed by atoms with Crippen molar-refractivity contribution in [1.29, 1.82) is 0 Å². The van der Waals surface area contributed by atoms with Gasteiger partial charge in [0, 0.05) is 5.92 Å². The van der Waals surface area contributed by atoms with E-state index in [9.17, 15) is 9.90 Å². The van der Waals surface area contributed by atoms with Crippen LogP contribution in [0.25, 0.3) is 0 Å². The van der Waals surface area contributed by atoms with Crippen molar-refractivity contribution in [2.45, 2.75) is 26.4 Å². The highest BCUT2D eigenvalue weighted by molar-refractivity contribution is 5.99. The Hall–Kier alpha value is -1.10. The van der Waals surface area contributed by atoms with Crippen molar-refractivity contribution in [3.63, 3.8) is 0 Å². The van der Waals surface area contributed by atoms with Crippen molar-refractivity contribution in [1.82, 2.24) is 0 Å². The van der Waals surface area contributed by atoms with Crippen molar-refractivity contribution in [3.8, 4) is 0 Å². The first kappa shape index (κ1) is 8.99. The minimum Gasteiger partial charge on any atom is -0.393 e. The van der Waals surface area contributed by atoms with Gasteiger partial charge in [0.15, 0.2) is 5.84 Å². The zero-order chi connectivity index (χ0) is 9.14. The number of amidine groups is 1. The van der Waals surface area contributed by atoms with Crippen LogP contribution in [0.2, 0.25) is 0 Å². The summed E-state index contributed by atoms with van der Waals surface area (Å²) < 4.78 is 0. The maximum atomic E-state index is 10.6. The number of carbonyl (C=O) groups excluding carboxylic acids is 1. The summed E-state index contributed by atoms with van der Waals surface area (Å²) in [5, 5.41) is 16.1. The Balaban J connectivity index is 2.74. The van der Waals surface area contributed by atoms with Crippen LogP contribution in [0.5, 0.6) is 0 Å². The lowest BCUT2D eigenvalue weighted by molar-refractivity contribution is 0.155. The van der Waals surface area contributed by atoms with Crippen molar-refractivity contribution < 1.29 is 9.90 Å². The van der Waals surface area contributed by atoms with Crippen LogP contribution in [-0.4, -0.2) is 23.1 Å². The summed E-state index contributed by atoms with van der Waals surface area (Å²) in [6, 6.07) is -0.580. The Labute approximate surface area is 70.2 Å². The van der Waals surface area contributed by atoms with Crippen LogP contribution in [0.1, 0.15) is 20.3 Å². The molecule has 2 amide bonds. The van der Waals surface area contributed by atoms with E-state index in [2.05, 4.69) is 15.2 Å². The second kappa shape index (κ2) is 3.53. The molecular formula is C7H11N3O2. The molecule has 5 heteroatoms. The largest absolute Gasteiger partial charge is 0.393 e. The lowest BCUT2D eigenvalue weighted by Gasteiger charge is -2.13. The number of carbonyl (C=O) groups is 1. The predicted octanol–water partition coefficient (Wildman–Crippen LogP) is 1.38. The smallest absolute Gasteiger partial charge is 0.387 e. The van der Waals surface area contributed by atoms with Crippen LogP contribution in [0.15, 0.2) is 15.2 Å². The lowest BCUT2D eigenvalue weighted by atomic mass is 10.00. The molecule has 0 radical (unpaired) electrons. The molecule has 12 heavy (non-hydrogen) atoms. The van der Waals surface area contributed by atoms with Crippen LogP contribution in [0.4, 0.5) is 4.79 Å². The number of nitrogens with zero attached hydrogens (tertiary/aromatic N) is 3. The van der Waals surface area contributed by atoms with E-state index in [0.29, 0.717) is 12.3 Å². The molecule has 5 nitrogen and oxygen atoms in total. The van der Waals surface area contributed by atoms with E-state index < -0.39 is 12.1 Å². The second-order valence-electron chi connectivity index (χ2n) is 2.71.